The first-order valence-corrected chi connectivity index (χ1v) is 7.11. The van der Waals surface area contributed by atoms with E-state index in [2.05, 4.69) is 49.5 Å². The summed E-state index contributed by atoms with van der Waals surface area (Å²) in [4.78, 5) is 0. The Morgan fingerprint density at radius 3 is 2.63 bits per heavy atom. The standard InChI is InChI=1S/C17H23NO/c1-4-9-18-17(16-10-13(3)19-12-16)15-8-6-7-14(5-2)11-15/h6-8,10-12,17-18H,4-5,9H2,1-3H3. The molecule has 1 aromatic heterocycles. The van der Waals surface area contributed by atoms with Crippen LogP contribution >= 0.6 is 0 Å². The van der Waals surface area contributed by atoms with Gasteiger partial charge in [-0.1, -0.05) is 38.1 Å². The fourth-order valence-electron chi connectivity index (χ4n) is 2.32. The molecule has 2 rings (SSSR count). The Kier molecular flexibility index (Phi) is 4.80. The summed E-state index contributed by atoms with van der Waals surface area (Å²) in [7, 11) is 0. The molecule has 1 N–H and O–H groups in total. The minimum absolute atomic E-state index is 0.226. The number of hydrogen-bond donors (Lipinski definition) is 1. The molecule has 2 heteroatoms. The molecule has 0 spiro atoms. The quantitative estimate of drug-likeness (QED) is 0.837. The maximum atomic E-state index is 5.46. The van der Waals surface area contributed by atoms with E-state index >= 15 is 0 Å². The SMILES string of the molecule is CCCNC(c1cccc(CC)c1)c1coc(C)c1. The third-order valence-electron chi connectivity index (χ3n) is 3.38. The zero-order valence-corrected chi connectivity index (χ0v) is 12.1. The average molecular weight is 257 g/mol. The van der Waals surface area contributed by atoms with Gasteiger partial charge in [0.25, 0.3) is 0 Å². The molecule has 2 aromatic rings. The highest BCUT2D eigenvalue weighted by molar-refractivity contribution is 5.33. The van der Waals surface area contributed by atoms with Crippen LogP contribution in [0.3, 0.4) is 0 Å². The van der Waals surface area contributed by atoms with Crippen LogP contribution in [0.15, 0.2) is 41.0 Å². The Morgan fingerprint density at radius 2 is 2.00 bits per heavy atom. The van der Waals surface area contributed by atoms with E-state index in [0.29, 0.717) is 0 Å². The molecule has 2 nitrogen and oxygen atoms in total. The molecule has 0 aliphatic heterocycles. The van der Waals surface area contributed by atoms with E-state index in [1.807, 2.05) is 13.2 Å². The molecule has 0 bridgehead atoms. The maximum absolute atomic E-state index is 5.46. The van der Waals surface area contributed by atoms with E-state index in [1.165, 1.54) is 16.7 Å². The lowest BCUT2D eigenvalue weighted by atomic mass is 9.98. The summed E-state index contributed by atoms with van der Waals surface area (Å²) in [6.45, 7) is 7.37. The third-order valence-corrected chi connectivity index (χ3v) is 3.38. The summed E-state index contributed by atoms with van der Waals surface area (Å²) in [6, 6.07) is 11.1. The molecule has 102 valence electrons. The van der Waals surface area contributed by atoms with Crippen molar-refractivity contribution in [3.8, 4) is 0 Å². The molecule has 0 saturated carbocycles. The summed E-state index contributed by atoms with van der Waals surface area (Å²) in [6.07, 6.45) is 4.06. The molecule has 0 aliphatic rings. The van der Waals surface area contributed by atoms with Gasteiger partial charge in [-0.3, -0.25) is 0 Å². The highest BCUT2D eigenvalue weighted by atomic mass is 16.3. The average Bonchev–Trinajstić information content (AvgIpc) is 2.86. The van der Waals surface area contributed by atoms with Gasteiger partial charge in [0.1, 0.15) is 5.76 Å². The van der Waals surface area contributed by atoms with Crippen LogP contribution in [0.5, 0.6) is 0 Å². The molecular formula is C17H23NO. The lowest BCUT2D eigenvalue weighted by Gasteiger charge is -2.18. The highest BCUT2D eigenvalue weighted by Gasteiger charge is 2.15. The second-order valence-corrected chi connectivity index (χ2v) is 4.98. The maximum Gasteiger partial charge on any atom is 0.101 e. The Labute approximate surface area is 115 Å². The zero-order chi connectivity index (χ0) is 13.7. The van der Waals surface area contributed by atoms with Gasteiger partial charge in [-0.15, -0.1) is 0 Å². The molecule has 0 fully saturated rings. The van der Waals surface area contributed by atoms with Crippen molar-refractivity contribution in [3.63, 3.8) is 0 Å². The third kappa shape index (κ3) is 3.48. The molecule has 0 aliphatic carbocycles. The van der Waals surface area contributed by atoms with E-state index in [4.69, 9.17) is 4.42 Å². The van der Waals surface area contributed by atoms with Crippen molar-refractivity contribution in [2.75, 3.05) is 6.54 Å². The van der Waals surface area contributed by atoms with Crippen molar-refractivity contribution in [2.24, 2.45) is 0 Å². The summed E-state index contributed by atoms with van der Waals surface area (Å²) in [5, 5.41) is 3.61. The smallest absolute Gasteiger partial charge is 0.101 e. The summed E-state index contributed by atoms with van der Waals surface area (Å²) >= 11 is 0. The Morgan fingerprint density at radius 1 is 1.16 bits per heavy atom. The summed E-state index contributed by atoms with van der Waals surface area (Å²) in [5.74, 6) is 0.963. The number of hydrogen-bond acceptors (Lipinski definition) is 2. The van der Waals surface area contributed by atoms with Crippen molar-refractivity contribution in [2.45, 2.75) is 39.7 Å². The van der Waals surface area contributed by atoms with Crippen LogP contribution < -0.4 is 5.32 Å². The summed E-state index contributed by atoms with van der Waals surface area (Å²) < 4.78 is 5.46. The fourth-order valence-corrected chi connectivity index (χ4v) is 2.32. The normalized spacial score (nSPS) is 12.6. The molecular weight excluding hydrogens is 234 g/mol. The molecule has 0 amide bonds. The van der Waals surface area contributed by atoms with Crippen molar-refractivity contribution < 1.29 is 4.42 Å². The Bertz CT molecular complexity index is 515. The van der Waals surface area contributed by atoms with Crippen LogP contribution in [0, 0.1) is 6.92 Å². The number of benzene rings is 1. The van der Waals surface area contributed by atoms with Gasteiger partial charge in [0.15, 0.2) is 0 Å². The van der Waals surface area contributed by atoms with Crippen LogP contribution in [-0.4, -0.2) is 6.54 Å². The zero-order valence-electron chi connectivity index (χ0n) is 12.1. The minimum Gasteiger partial charge on any atom is -0.469 e. The second kappa shape index (κ2) is 6.58. The predicted molar refractivity (Wildman–Crippen MR) is 79.4 cm³/mol. The van der Waals surface area contributed by atoms with Gasteiger partial charge in [-0.2, -0.15) is 0 Å². The van der Waals surface area contributed by atoms with Gasteiger partial charge in [0.2, 0.25) is 0 Å². The molecule has 19 heavy (non-hydrogen) atoms. The van der Waals surface area contributed by atoms with E-state index in [-0.39, 0.29) is 6.04 Å². The number of rotatable bonds is 6. The fraction of sp³-hybridized carbons (Fsp3) is 0.412. The molecule has 0 saturated heterocycles. The Hall–Kier alpha value is -1.54. The lowest BCUT2D eigenvalue weighted by Crippen LogP contribution is -2.22. The largest absolute Gasteiger partial charge is 0.469 e. The van der Waals surface area contributed by atoms with Crippen LogP contribution in [0.25, 0.3) is 0 Å². The van der Waals surface area contributed by atoms with Crippen molar-refractivity contribution >= 4 is 0 Å². The first-order chi connectivity index (χ1) is 9.24. The van der Waals surface area contributed by atoms with E-state index in [1.54, 1.807) is 0 Å². The highest BCUT2D eigenvalue weighted by Crippen LogP contribution is 2.24. The van der Waals surface area contributed by atoms with Crippen LogP contribution in [0.4, 0.5) is 0 Å². The van der Waals surface area contributed by atoms with Crippen LogP contribution in [-0.2, 0) is 6.42 Å². The predicted octanol–water partition coefficient (Wildman–Crippen LogP) is 4.24. The van der Waals surface area contributed by atoms with Crippen LogP contribution in [0.1, 0.15) is 48.8 Å². The van der Waals surface area contributed by atoms with Gasteiger partial charge in [0.05, 0.1) is 12.3 Å². The number of nitrogens with one attached hydrogen (secondary N) is 1. The molecule has 1 atom stereocenters. The van der Waals surface area contributed by atoms with E-state index < -0.39 is 0 Å². The Balaban J connectivity index is 2.30. The molecule has 1 heterocycles. The van der Waals surface area contributed by atoms with Crippen molar-refractivity contribution in [1.82, 2.24) is 5.32 Å². The first kappa shape index (κ1) is 13.9. The second-order valence-electron chi connectivity index (χ2n) is 4.98. The molecule has 0 radical (unpaired) electrons. The van der Waals surface area contributed by atoms with Gasteiger partial charge >= 0.3 is 0 Å². The van der Waals surface area contributed by atoms with Crippen molar-refractivity contribution in [3.05, 3.63) is 59.0 Å². The molecule has 1 unspecified atom stereocenters. The first-order valence-electron chi connectivity index (χ1n) is 7.11. The van der Waals surface area contributed by atoms with Gasteiger partial charge < -0.3 is 9.73 Å². The lowest BCUT2D eigenvalue weighted by molar-refractivity contribution is 0.523. The van der Waals surface area contributed by atoms with E-state index in [9.17, 15) is 0 Å². The van der Waals surface area contributed by atoms with Crippen LogP contribution in [0.2, 0.25) is 0 Å². The minimum atomic E-state index is 0.226. The number of aryl methyl sites for hydroxylation is 2. The molecule has 1 aromatic carbocycles. The topological polar surface area (TPSA) is 25.2 Å². The monoisotopic (exact) mass is 257 g/mol. The van der Waals surface area contributed by atoms with E-state index in [0.717, 1.165) is 25.1 Å². The van der Waals surface area contributed by atoms with Gasteiger partial charge in [-0.05, 0) is 43.5 Å². The van der Waals surface area contributed by atoms with Crippen molar-refractivity contribution in [1.29, 1.82) is 0 Å². The van der Waals surface area contributed by atoms with Gasteiger partial charge in [0, 0.05) is 5.56 Å². The number of furan rings is 1. The van der Waals surface area contributed by atoms with Gasteiger partial charge in [-0.25, -0.2) is 0 Å². The summed E-state index contributed by atoms with van der Waals surface area (Å²) in [5.41, 5.74) is 3.90.